The van der Waals surface area contributed by atoms with Crippen LogP contribution in [0, 0.1) is 17.8 Å². The van der Waals surface area contributed by atoms with Crippen molar-refractivity contribution in [2.75, 3.05) is 6.61 Å². The Morgan fingerprint density at radius 3 is 2.60 bits per heavy atom. The summed E-state index contributed by atoms with van der Waals surface area (Å²) in [6.45, 7) is 2.72. The number of benzene rings is 1. The summed E-state index contributed by atoms with van der Waals surface area (Å²) in [6.07, 6.45) is 6.96. The number of hydrogen-bond donors (Lipinski definition) is 2. The maximum absolute atomic E-state index is 5.80. The van der Waals surface area contributed by atoms with E-state index in [1.165, 1.54) is 37.7 Å². The number of ether oxygens (including phenoxy) is 1. The maximum Gasteiger partial charge on any atom is 0.119 e. The lowest BCUT2D eigenvalue weighted by Gasteiger charge is -2.26. The fourth-order valence-electron chi connectivity index (χ4n) is 4.23. The minimum Gasteiger partial charge on any atom is -0.494 e. The van der Waals surface area contributed by atoms with Gasteiger partial charge in [0.1, 0.15) is 5.75 Å². The van der Waals surface area contributed by atoms with E-state index in [1.54, 1.807) is 0 Å². The molecule has 0 amide bonds. The minimum absolute atomic E-state index is 0.273. The number of hydrazine groups is 1. The van der Waals surface area contributed by atoms with Crippen LogP contribution in [0.1, 0.15) is 50.6 Å². The van der Waals surface area contributed by atoms with Gasteiger partial charge < -0.3 is 4.74 Å². The van der Waals surface area contributed by atoms with Crippen molar-refractivity contribution in [2.24, 2.45) is 23.6 Å². The predicted molar refractivity (Wildman–Crippen MR) is 81.2 cm³/mol. The van der Waals surface area contributed by atoms with Crippen LogP contribution in [0.15, 0.2) is 24.3 Å². The topological polar surface area (TPSA) is 47.3 Å². The second-order valence-corrected chi connectivity index (χ2v) is 6.39. The van der Waals surface area contributed by atoms with Crippen LogP contribution in [-0.4, -0.2) is 6.61 Å². The van der Waals surface area contributed by atoms with E-state index < -0.39 is 0 Å². The zero-order chi connectivity index (χ0) is 13.9. The van der Waals surface area contributed by atoms with Crippen LogP contribution in [0.3, 0.4) is 0 Å². The maximum atomic E-state index is 5.80. The quantitative estimate of drug-likeness (QED) is 0.617. The first kappa shape index (κ1) is 13.9. The molecule has 2 saturated carbocycles. The van der Waals surface area contributed by atoms with Gasteiger partial charge in [-0.3, -0.25) is 11.3 Å². The molecule has 4 unspecified atom stereocenters. The molecule has 0 heterocycles. The zero-order valence-corrected chi connectivity index (χ0v) is 12.3. The van der Waals surface area contributed by atoms with E-state index in [9.17, 15) is 0 Å². The van der Waals surface area contributed by atoms with Gasteiger partial charge in [0.25, 0.3) is 0 Å². The van der Waals surface area contributed by atoms with E-state index in [0.717, 1.165) is 23.5 Å². The van der Waals surface area contributed by atoms with Crippen molar-refractivity contribution in [3.8, 4) is 5.75 Å². The van der Waals surface area contributed by atoms with Crippen LogP contribution < -0.4 is 16.0 Å². The van der Waals surface area contributed by atoms with E-state index >= 15 is 0 Å². The average Bonchev–Trinajstić information content (AvgIpc) is 3.08. The van der Waals surface area contributed by atoms with E-state index in [1.807, 2.05) is 19.1 Å². The summed E-state index contributed by atoms with van der Waals surface area (Å²) in [5.74, 6) is 9.56. The molecule has 3 rings (SSSR count). The summed E-state index contributed by atoms with van der Waals surface area (Å²) < 4.78 is 5.50. The summed E-state index contributed by atoms with van der Waals surface area (Å²) >= 11 is 0. The molecule has 0 aromatic heterocycles. The van der Waals surface area contributed by atoms with Crippen LogP contribution >= 0.6 is 0 Å². The molecule has 3 heteroatoms. The van der Waals surface area contributed by atoms with Gasteiger partial charge in [0.15, 0.2) is 0 Å². The van der Waals surface area contributed by atoms with Crippen molar-refractivity contribution < 1.29 is 4.74 Å². The molecular formula is C17H26N2O. The van der Waals surface area contributed by atoms with E-state index in [-0.39, 0.29) is 6.04 Å². The molecule has 2 aliphatic rings. The first-order chi connectivity index (χ1) is 9.80. The molecular weight excluding hydrogens is 248 g/mol. The monoisotopic (exact) mass is 274 g/mol. The highest BCUT2D eigenvalue weighted by Gasteiger charge is 2.40. The van der Waals surface area contributed by atoms with Crippen molar-refractivity contribution in [2.45, 2.75) is 45.1 Å². The summed E-state index contributed by atoms with van der Waals surface area (Å²) in [5.41, 5.74) is 4.29. The number of rotatable bonds is 6. The molecule has 1 aromatic carbocycles. The average molecular weight is 274 g/mol. The van der Waals surface area contributed by atoms with Gasteiger partial charge >= 0.3 is 0 Å². The highest BCUT2D eigenvalue weighted by atomic mass is 16.5. The van der Waals surface area contributed by atoms with Gasteiger partial charge in [-0.1, -0.05) is 18.6 Å². The van der Waals surface area contributed by atoms with Crippen molar-refractivity contribution in [1.82, 2.24) is 5.43 Å². The molecule has 2 bridgehead atoms. The Labute approximate surface area is 121 Å². The fourth-order valence-corrected chi connectivity index (χ4v) is 4.23. The number of nitrogens with one attached hydrogen (secondary N) is 1. The Kier molecular flexibility index (Phi) is 4.27. The standard InChI is InChI=1S/C17H26N2O/c1-2-20-16-7-5-13(6-8-16)17(19-18)11-15-10-12-3-4-14(15)9-12/h5-8,12,14-15,17,19H,2-4,9-11,18H2,1H3. The first-order valence-electron chi connectivity index (χ1n) is 7.99. The molecule has 4 atom stereocenters. The molecule has 3 N–H and O–H groups in total. The van der Waals surface area contributed by atoms with Crippen molar-refractivity contribution in [1.29, 1.82) is 0 Å². The molecule has 2 aliphatic carbocycles. The summed E-state index contributed by atoms with van der Waals surface area (Å²) in [7, 11) is 0. The van der Waals surface area contributed by atoms with E-state index in [2.05, 4.69) is 17.6 Å². The third-order valence-electron chi connectivity index (χ3n) is 5.22. The van der Waals surface area contributed by atoms with Gasteiger partial charge in [-0.05, 0) is 68.1 Å². The van der Waals surface area contributed by atoms with Gasteiger partial charge in [-0.15, -0.1) is 0 Å². The lowest BCUT2D eigenvalue weighted by Crippen LogP contribution is -2.30. The number of fused-ring (bicyclic) bond motifs is 2. The molecule has 0 radical (unpaired) electrons. The largest absolute Gasteiger partial charge is 0.494 e. The highest BCUT2D eigenvalue weighted by molar-refractivity contribution is 5.29. The second-order valence-electron chi connectivity index (χ2n) is 6.39. The molecule has 0 spiro atoms. The van der Waals surface area contributed by atoms with Crippen molar-refractivity contribution in [3.05, 3.63) is 29.8 Å². The molecule has 0 aliphatic heterocycles. The molecule has 2 fully saturated rings. The smallest absolute Gasteiger partial charge is 0.119 e. The van der Waals surface area contributed by atoms with Crippen molar-refractivity contribution >= 4 is 0 Å². The lowest BCUT2D eigenvalue weighted by molar-refractivity contribution is 0.280. The number of nitrogens with two attached hydrogens (primary N) is 1. The van der Waals surface area contributed by atoms with Crippen LogP contribution in [0.2, 0.25) is 0 Å². The SMILES string of the molecule is CCOc1ccc(C(CC2CC3CCC2C3)NN)cc1. The summed E-state index contributed by atoms with van der Waals surface area (Å²) in [6, 6.07) is 8.65. The Bertz CT molecular complexity index is 431. The van der Waals surface area contributed by atoms with Gasteiger partial charge in [0.05, 0.1) is 6.61 Å². The second kappa shape index (κ2) is 6.15. The summed E-state index contributed by atoms with van der Waals surface area (Å²) in [5, 5.41) is 0. The molecule has 0 saturated heterocycles. The van der Waals surface area contributed by atoms with Crippen LogP contribution in [0.4, 0.5) is 0 Å². The minimum atomic E-state index is 0.273. The zero-order valence-electron chi connectivity index (χ0n) is 12.3. The van der Waals surface area contributed by atoms with Crippen LogP contribution in [-0.2, 0) is 0 Å². The van der Waals surface area contributed by atoms with Gasteiger partial charge in [0, 0.05) is 6.04 Å². The Morgan fingerprint density at radius 2 is 2.05 bits per heavy atom. The van der Waals surface area contributed by atoms with Crippen LogP contribution in [0.25, 0.3) is 0 Å². The molecule has 1 aromatic rings. The fraction of sp³-hybridized carbons (Fsp3) is 0.647. The van der Waals surface area contributed by atoms with E-state index in [0.29, 0.717) is 6.61 Å². The van der Waals surface area contributed by atoms with Gasteiger partial charge in [-0.2, -0.15) is 0 Å². The molecule has 110 valence electrons. The third kappa shape index (κ3) is 2.84. The molecule has 20 heavy (non-hydrogen) atoms. The van der Waals surface area contributed by atoms with Gasteiger partial charge in [-0.25, -0.2) is 0 Å². The first-order valence-corrected chi connectivity index (χ1v) is 7.99. The van der Waals surface area contributed by atoms with Crippen LogP contribution in [0.5, 0.6) is 5.75 Å². The number of hydrogen-bond acceptors (Lipinski definition) is 3. The van der Waals surface area contributed by atoms with E-state index in [4.69, 9.17) is 10.6 Å². The molecule has 3 nitrogen and oxygen atoms in total. The normalized spacial score (nSPS) is 29.6. The van der Waals surface area contributed by atoms with Gasteiger partial charge in [0.2, 0.25) is 0 Å². The predicted octanol–water partition coefficient (Wildman–Crippen LogP) is 3.42. The Balaban J connectivity index is 1.63. The Hall–Kier alpha value is -1.06. The summed E-state index contributed by atoms with van der Waals surface area (Å²) in [4.78, 5) is 0. The third-order valence-corrected chi connectivity index (χ3v) is 5.22. The highest BCUT2D eigenvalue weighted by Crippen LogP contribution is 2.50. The van der Waals surface area contributed by atoms with Crippen molar-refractivity contribution in [3.63, 3.8) is 0 Å². The Morgan fingerprint density at radius 1 is 1.25 bits per heavy atom. The lowest BCUT2D eigenvalue weighted by atomic mass is 9.83.